The van der Waals surface area contributed by atoms with E-state index in [9.17, 15) is 0 Å². The van der Waals surface area contributed by atoms with Crippen LogP contribution >= 0.6 is 0 Å². The van der Waals surface area contributed by atoms with Crippen molar-refractivity contribution >= 4 is 0 Å². The van der Waals surface area contributed by atoms with Crippen LogP contribution in [-0.2, 0) is 0 Å². The Kier molecular flexibility index (Phi) is 2.08. The number of pyridine rings is 1. The van der Waals surface area contributed by atoms with Crippen LogP contribution in [0.15, 0.2) is 30.6 Å². The van der Waals surface area contributed by atoms with E-state index in [2.05, 4.69) is 22.4 Å². The molecule has 1 radical (unpaired) electrons. The van der Waals surface area contributed by atoms with Gasteiger partial charge in [-0.05, 0) is 37.2 Å². The largest absolute Gasteiger partial charge is 0.383 e. The topological polar surface area (TPSA) is 24.9 Å². The lowest BCUT2D eigenvalue weighted by atomic mass is 10.1. The van der Waals surface area contributed by atoms with E-state index < -0.39 is 0 Å². The van der Waals surface area contributed by atoms with Crippen LogP contribution in [0, 0.1) is 6.07 Å². The normalized spacial score (nSPS) is 21.8. The minimum Gasteiger partial charge on any atom is -0.383 e. The number of nitrogens with one attached hydrogen (secondary N) is 1. The summed E-state index contributed by atoms with van der Waals surface area (Å²) in [6.07, 6.45) is 8.19. The zero-order valence-electron chi connectivity index (χ0n) is 6.83. The van der Waals surface area contributed by atoms with E-state index in [0.29, 0.717) is 6.04 Å². The van der Waals surface area contributed by atoms with E-state index in [4.69, 9.17) is 0 Å². The summed E-state index contributed by atoms with van der Waals surface area (Å²) < 4.78 is 0. The Bertz CT molecular complexity index is 266. The number of rotatable bonds is 1. The first-order chi connectivity index (χ1) is 5.97. The SMILES string of the molecule is [c]1ccnc(C2CCC=CN2)c1. The molecule has 2 rings (SSSR count). The number of aromatic nitrogens is 1. The Morgan fingerprint density at radius 2 is 2.58 bits per heavy atom. The third-order valence-corrected chi connectivity index (χ3v) is 2.02. The molecule has 0 bridgehead atoms. The molecule has 0 fully saturated rings. The number of hydrogen-bond donors (Lipinski definition) is 1. The standard InChI is InChI=1S/C10H11N2/c1-3-7-11-9(5-1)10-6-2-4-8-12-10/h3-4,6-9,11H,1,5H2. The Morgan fingerprint density at radius 1 is 1.58 bits per heavy atom. The molecule has 0 amide bonds. The van der Waals surface area contributed by atoms with Gasteiger partial charge in [-0.25, -0.2) is 0 Å². The third kappa shape index (κ3) is 1.47. The second-order valence-corrected chi connectivity index (χ2v) is 2.88. The maximum Gasteiger partial charge on any atom is 0.0682 e. The van der Waals surface area contributed by atoms with Gasteiger partial charge in [0.15, 0.2) is 0 Å². The van der Waals surface area contributed by atoms with Gasteiger partial charge >= 0.3 is 0 Å². The van der Waals surface area contributed by atoms with E-state index in [1.807, 2.05) is 18.3 Å². The molecule has 1 aliphatic rings. The van der Waals surface area contributed by atoms with Crippen molar-refractivity contribution in [3.8, 4) is 0 Å². The molecule has 61 valence electrons. The monoisotopic (exact) mass is 159 g/mol. The van der Waals surface area contributed by atoms with Gasteiger partial charge in [0.1, 0.15) is 0 Å². The Labute approximate surface area is 72.3 Å². The van der Waals surface area contributed by atoms with Gasteiger partial charge in [0, 0.05) is 6.20 Å². The molecule has 1 N–H and O–H groups in total. The van der Waals surface area contributed by atoms with E-state index in [1.54, 1.807) is 6.20 Å². The highest BCUT2D eigenvalue weighted by molar-refractivity contribution is 5.10. The van der Waals surface area contributed by atoms with Crippen LogP contribution in [0.1, 0.15) is 24.6 Å². The molecule has 2 nitrogen and oxygen atoms in total. The second kappa shape index (κ2) is 3.39. The minimum absolute atomic E-state index is 0.382. The van der Waals surface area contributed by atoms with Gasteiger partial charge in [0.05, 0.1) is 11.7 Å². The molecule has 0 aromatic carbocycles. The Balaban J connectivity index is 2.15. The summed E-state index contributed by atoms with van der Waals surface area (Å²) in [4.78, 5) is 4.27. The summed E-state index contributed by atoms with van der Waals surface area (Å²) in [5.41, 5.74) is 1.09. The molecule has 2 heteroatoms. The fourth-order valence-electron chi connectivity index (χ4n) is 1.37. The predicted molar refractivity (Wildman–Crippen MR) is 47.3 cm³/mol. The van der Waals surface area contributed by atoms with E-state index in [1.165, 1.54) is 0 Å². The van der Waals surface area contributed by atoms with Gasteiger partial charge in [0.25, 0.3) is 0 Å². The molecule has 2 heterocycles. The fourth-order valence-corrected chi connectivity index (χ4v) is 1.37. The summed E-state index contributed by atoms with van der Waals surface area (Å²) in [6.45, 7) is 0. The van der Waals surface area contributed by atoms with Crippen LogP contribution < -0.4 is 5.32 Å². The molecule has 1 aromatic heterocycles. The highest BCUT2D eigenvalue weighted by Gasteiger charge is 2.11. The molecule has 12 heavy (non-hydrogen) atoms. The molecule has 1 aromatic rings. The van der Waals surface area contributed by atoms with Crippen molar-refractivity contribution in [2.45, 2.75) is 18.9 Å². The first-order valence-electron chi connectivity index (χ1n) is 4.20. The molecule has 0 spiro atoms. The molecule has 0 aliphatic carbocycles. The first kappa shape index (κ1) is 7.35. The van der Waals surface area contributed by atoms with E-state index >= 15 is 0 Å². The predicted octanol–water partition coefficient (Wildman–Crippen LogP) is 1.82. The quantitative estimate of drug-likeness (QED) is 0.676. The van der Waals surface area contributed by atoms with E-state index in [0.717, 1.165) is 18.5 Å². The Morgan fingerprint density at radius 3 is 3.25 bits per heavy atom. The van der Waals surface area contributed by atoms with Gasteiger partial charge in [-0.1, -0.05) is 6.08 Å². The fraction of sp³-hybridized carbons (Fsp3) is 0.300. The van der Waals surface area contributed by atoms with Crippen molar-refractivity contribution in [2.24, 2.45) is 0 Å². The van der Waals surface area contributed by atoms with Gasteiger partial charge in [-0.3, -0.25) is 4.98 Å². The number of nitrogens with zero attached hydrogens (tertiary/aromatic N) is 1. The smallest absolute Gasteiger partial charge is 0.0682 e. The zero-order valence-corrected chi connectivity index (χ0v) is 6.83. The van der Waals surface area contributed by atoms with Crippen molar-refractivity contribution in [3.63, 3.8) is 0 Å². The summed E-state index contributed by atoms with van der Waals surface area (Å²) in [7, 11) is 0. The van der Waals surface area contributed by atoms with Crippen molar-refractivity contribution in [2.75, 3.05) is 0 Å². The summed E-state index contributed by atoms with van der Waals surface area (Å²) >= 11 is 0. The summed E-state index contributed by atoms with van der Waals surface area (Å²) in [5, 5.41) is 3.27. The highest BCUT2D eigenvalue weighted by Crippen LogP contribution is 2.18. The molecular formula is C10H11N2. The molecule has 0 saturated carbocycles. The van der Waals surface area contributed by atoms with Crippen molar-refractivity contribution < 1.29 is 0 Å². The molecule has 1 aliphatic heterocycles. The van der Waals surface area contributed by atoms with Crippen molar-refractivity contribution in [1.29, 1.82) is 0 Å². The molecular weight excluding hydrogens is 148 g/mol. The third-order valence-electron chi connectivity index (χ3n) is 2.02. The average molecular weight is 159 g/mol. The lowest BCUT2D eigenvalue weighted by Crippen LogP contribution is -2.18. The Hall–Kier alpha value is -1.31. The number of hydrogen-bond acceptors (Lipinski definition) is 2. The van der Waals surface area contributed by atoms with Crippen LogP contribution in [-0.4, -0.2) is 4.98 Å². The van der Waals surface area contributed by atoms with Crippen molar-refractivity contribution in [3.05, 3.63) is 42.4 Å². The molecule has 1 unspecified atom stereocenters. The second-order valence-electron chi connectivity index (χ2n) is 2.88. The van der Waals surface area contributed by atoms with Gasteiger partial charge in [0.2, 0.25) is 0 Å². The van der Waals surface area contributed by atoms with E-state index in [-0.39, 0.29) is 0 Å². The zero-order chi connectivity index (χ0) is 8.23. The lowest BCUT2D eigenvalue weighted by Gasteiger charge is -2.18. The minimum atomic E-state index is 0.382. The van der Waals surface area contributed by atoms with Crippen LogP contribution in [0.4, 0.5) is 0 Å². The van der Waals surface area contributed by atoms with Crippen LogP contribution in [0.3, 0.4) is 0 Å². The first-order valence-corrected chi connectivity index (χ1v) is 4.20. The van der Waals surface area contributed by atoms with Crippen molar-refractivity contribution in [1.82, 2.24) is 10.3 Å². The lowest BCUT2D eigenvalue weighted by molar-refractivity contribution is 0.539. The van der Waals surface area contributed by atoms with Gasteiger partial charge in [-0.2, -0.15) is 0 Å². The maximum atomic E-state index is 4.27. The van der Waals surface area contributed by atoms with Gasteiger partial charge in [-0.15, -0.1) is 0 Å². The maximum absolute atomic E-state index is 4.27. The van der Waals surface area contributed by atoms with Crippen LogP contribution in [0.25, 0.3) is 0 Å². The molecule has 0 saturated heterocycles. The summed E-state index contributed by atoms with van der Waals surface area (Å²) in [6, 6.07) is 7.18. The van der Waals surface area contributed by atoms with Crippen LogP contribution in [0.2, 0.25) is 0 Å². The molecule has 1 atom stereocenters. The number of allylic oxidation sites excluding steroid dienone is 1. The highest BCUT2D eigenvalue weighted by atomic mass is 14.9. The average Bonchev–Trinajstić information content (AvgIpc) is 2.21. The summed E-state index contributed by atoms with van der Waals surface area (Å²) in [5.74, 6) is 0. The van der Waals surface area contributed by atoms with Gasteiger partial charge < -0.3 is 5.32 Å². The van der Waals surface area contributed by atoms with Crippen LogP contribution in [0.5, 0.6) is 0 Å².